The largest absolute Gasteiger partial charge is 0.462 e. The minimum atomic E-state index is -0.368. The Hall–Kier alpha value is -3.22. The molecule has 3 aliphatic rings. The maximum atomic E-state index is 13.6. The molecule has 1 aromatic heterocycles. The van der Waals surface area contributed by atoms with Crippen molar-refractivity contribution in [3.05, 3.63) is 60.2 Å². The number of halogens is 1. The Balaban J connectivity index is 1.34. The Kier molecular flexibility index (Phi) is 7.08. The Bertz CT molecular complexity index is 1130. The molecular formula is C29H33FN2O4. The first-order chi connectivity index (χ1) is 17.4. The average molecular weight is 493 g/mol. The molecule has 2 aliphatic carbocycles. The monoisotopic (exact) mass is 492 g/mol. The molecule has 1 aliphatic heterocycles. The summed E-state index contributed by atoms with van der Waals surface area (Å²) in [7, 11) is 0. The zero-order valence-corrected chi connectivity index (χ0v) is 20.7. The third-order valence-electron chi connectivity index (χ3n) is 8.18. The van der Waals surface area contributed by atoms with Crippen molar-refractivity contribution in [3.8, 4) is 11.1 Å². The number of cyclic esters (lactones) is 1. The van der Waals surface area contributed by atoms with Gasteiger partial charge in [0.1, 0.15) is 11.9 Å². The number of benzene rings is 1. The van der Waals surface area contributed by atoms with E-state index in [-0.39, 0.29) is 47.8 Å². The second-order valence-electron chi connectivity index (χ2n) is 10.3. The molecule has 7 heteroatoms. The van der Waals surface area contributed by atoms with Crippen LogP contribution in [0, 0.1) is 35.4 Å². The standard InChI is InChI=1S/C29H33FN2O4/c1-3-35-29(34)32-23-10-11-24-20(14-23)15-26-27(17(2)36-28(26)33)25(24)12-9-22-8-7-19(16-31-22)18-5-4-6-21(30)13-18/h4-9,12-13,16-17,20,23-27H,3,10-11,14-15H2,1-2H3,(H,32,34)/b12-9+/t17-,20+,23-,24-,25-,26+,27+/m1/s1. The van der Waals surface area contributed by atoms with Crippen LogP contribution in [0.25, 0.3) is 17.2 Å². The molecule has 1 amide bonds. The summed E-state index contributed by atoms with van der Waals surface area (Å²) in [6, 6.07) is 10.4. The van der Waals surface area contributed by atoms with Gasteiger partial charge in [0.25, 0.3) is 0 Å². The number of carbonyl (C=O) groups excluding carboxylic acids is 2. The minimum Gasteiger partial charge on any atom is -0.462 e. The van der Waals surface area contributed by atoms with Crippen LogP contribution in [0.15, 0.2) is 48.7 Å². The average Bonchev–Trinajstić information content (AvgIpc) is 3.15. The van der Waals surface area contributed by atoms with Gasteiger partial charge in [-0.1, -0.05) is 24.3 Å². The van der Waals surface area contributed by atoms with Gasteiger partial charge in [-0.2, -0.15) is 0 Å². The van der Waals surface area contributed by atoms with Gasteiger partial charge >= 0.3 is 12.1 Å². The zero-order chi connectivity index (χ0) is 25.2. The van der Waals surface area contributed by atoms with Crippen molar-refractivity contribution in [1.82, 2.24) is 10.3 Å². The van der Waals surface area contributed by atoms with Crippen LogP contribution >= 0.6 is 0 Å². The molecule has 0 spiro atoms. The third-order valence-corrected chi connectivity index (χ3v) is 8.18. The normalized spacial score (nSPS) is 31.4. The van der Waals surface area contributed by atoms with Crippen LogP contribution in [0.1, 0.15) is 45.2 Å². The van der Waals surface area contributed by atoms with Crippen LogP contribution < -0.4 is 5.32 Å². The number of ether oxygens (including phenoxy) is 2. The van der Waals surface area contributed by atoms with Gasteiger partial charge in [0.2, 0.25) is 0 Å². The second kappa shape index (κ2) is 10.4. The SMILES string of the molecule is CCOC(=O)N[C@@H]1CC[C@@H]2[C@@H](C1)C[C@@H]1C(=O)O[C@H](C)[C@H]1[C@@H]2/C=C/c1ccc(-c2cccc(F)c2)cn1. The number of nitrogens with zero attached hydrogens (tertiary/aromatic N) is 1. The van der Waals surface area contributed by atoms with E-state index in [4.69, 9.17) is 9.47 Å². The van der Waals surface area contributed by atoms with Gasteiger partial charge < -0.3 is 14.8 Å². The summed E-state index contributed by atoms with van der Waals surface area (Å²) in [6.07, 6.45) is 9.07. The van der Waals surface area contributed by atoms with E-state index in [1.807, 2.05) is 31.2 Å². The van der Waals surface area contributed by atoms with E-state index >= 15 is 0 Å². The predicted octanol–water partition coefficient (Wildman–Crippen LogP) is 5.63. The molecule has 3 fully saturated rings. The number of hydrogen-bond acceptors (Lipinski definition) is 5. The summed E-state index contributed by atoms with van der Waals surface area (Å²) in [5.41, 5.74) is 2.48. The van der Waals surface area contributed by atoms with Crippen molar-refractivity contribution >= 4 is 18.1 Å². The van der Waals surface area contributed by atoms with E-state index in [0.717, 1.165) is 42.5 Å². The molecule has 5 rings (SSSR count). The second-order valence-corrected chi connectivity index (χ2v) is 10.3. The van der Waals surface area contributed by atoms with Crippen LogP contribution in [-0.4, -0.2) is 35.8 Å². The minimum absolute atomic E-state index is 0.0679. The van der Waals surface area contributed by atoms with Crippen LogP contribution in [-0.2, 0) is 14.3 Å². The summed E-state index contributed by atoms with van der Waals surface area (Å²) in [5.74, 6) is 0.629. The number of fused-ring (bicyclic) bond motifs is 2. The lowest BCUT2D eigenvalue weighted by molar-refractivity contribution is -0.144. The number of rotatable bonds is 5. The molecule has 7 atom stereocenters. The van der Waals surface area contributed by atoms with Crippen LogP contribution in [0.4, 0.5) is 9.18 Å². The van der Waals surface area contributed by atoms with Gasteiger partial charge in [-0.25, -0.2) is 9.18 Å². The molecular weight excluding hydrogens is 459 g/mol. The third kappa shape index (κ3) is 5.01. The highest BCUT2D eigenvalue weighted by atomic mass is 19.1. The topological polar surface area (TPSA) is 77.5 Å². The van der Waals surface area contributed by atoms with Crippen molar-refractivity contribution < 1.29 is 23.5 Å². The Morgan fingerprint density at radius 3 is 2.83 bits per heavy atom. The molecule has 1 N–H and O–H groups in total. The maximum absolute atomic E-state index is 13.6. The van der Waals surface area contributed by atoms with Crippen LogP contribution in [0.2, 0.25) is 0 Å². The van der Waals surface area contributed by atoms with E-state index in [0.29, 0.717) is 18.4 Å². The molecule has 0 radical (unpaired) electrons. The van der Waals surface area contributed by atoms with E-state index < -0.39 is 0 Å². The smallest absolute Gasteiger partial charge is 0.407 e. The Labute approximate surface area is 211 Å². The number of nitrogens with one attached hydrogen (secondary N) is 1. The number of allylic oxidation sites excluding steroid dienone is 1. The predicted molar refractivity (Wildman–Crippen MR) is 134 cm³/mol. The first-order valence-electron chi connectivity index (χ1n) is 13.0. The Morgan fingerprint density at radius 1 is 1.22 bits per heavy atom. The molecule has 6 nitrogen and oxygen atoms in total. The molecule has 2 saturated carbocycles. The van der Waals surface area contributed by atoms with E-state index in [1.54, 1.807) is 19.2 Å². The number of alkyl carbamates (subject to hydrolysis) is 1. The number of esters is 1. The molecule has 190 valence electrons. The lowest BCUT2D eigenvalue weighted by atomic mass is 9.57. The molecule has 2 heterocycles. The number of hydrogen-bond donors (Lipinski definition) is 1. The molecule has 0 unspecified atom stereocenters. The van der Waals surface area contributed by atoms with Crippen LogP contribution in [0.3, 0.4) is 0 Å². The quantitative estimate of drug-likeness (QED) is 0.548. The van der Waals surface area contributed by atoms with Crippen molar-refractivity contribution in [2.24, 2.45) is 29.6 Å². The fourth-order valence-corrected chi connectivity index (χ4v) is 6.64. The van der Waals surface area contributed by atoms with Crippen molar-refractivity contribution in [2.45, 2.75) is 51.7 Å². The summed E-state index contributed by atoms with van der Waals surface area (Å²) in [4.78, 5) is 29.2. The van der Waals surface area contributed by atoms with Gasteiger partial charge in [-0.15, -0.1) is 0 Å². The summed E-state index contributed by atoms with van der Waals surface area (Å²) in [6.45, 7) is 4.15. The highest BCUT2D eigenvalue weighted by Crippen LogP contribution is 2.53. The van der Waals surface area contributed by atoms with Crippen molar-refractivity contribution in [3.63, 3.8) is 0 Å². The van der Waals surface area contributed by atoms with Crippen LogP contribution in [0.5, 0.6) is 0 Å². The summed E-state index contributed by atoms with van der Waals surface area (Å²) >= 11 is 0. The van der Waals surface area contributed by atoms with Gasteiger partial charge in [0.05, 0.1) is 18.2 Å². The lowest BCUT2D eigenvalue weighted by Gasteiger charge is -2.47. The van der Waals surface area contributed by atoms with E-state index in [9.17, 15) is 14.0 Å². The summed E-state index contributed by atoms with van der Waals surface area (Å²) < 4.78 is 24.3. The number of carbonyl (C=O) groups is 2. The van der Waals surface area contributed by atoms with Gasteiger partial charge in [0, 0.05) is 23.7 Å². The lowest BCUT2D eigenvalue weighted by Crippen LogP contribution is -2.48. The number of pyridine rings is 1. The molecule has 2 aromatic rings. The Morgan fingerprint density at radius 2 is 2.08 bits per heavy atom. The highest BCUT2D eigenvalue weighted by molar-refractivity contribution is 5.75. The zero-order valence-electron chi connectivity index (χ0n) is 20.7. The van der Waals surface area contributed by atoms with Crippen molar-refractivity contribution in [2.75, 3.05) is 6.61 Å². The molecule has 36 heavy (non-hydrogen) atoms. The van der Waals surface area contributed by atoms with Gasteiger partial charge in [-0.05, 0) is 87.1 Å². The number of aromatic nitrogens is 1. The number of amides is 1. The van der Waals surface area contributed by atoms with Gasteiger partial charge in [0.15, 0.2) is 0 Å². The molecule has 0 bridgehead atoms. The fourth-order valence-electron chi connectivity index (χ4n) is 6.64. The fraction of sp³-hybridized carbons (Fsp3) is 0.483. The molecule has 1 saturated heterocycles. The highest BCUT2D eigenvalue weighted by Gasteiger charge is 2.54. The summed E-state index contributed by atoms with van der Waals surface area (Å²) in [5, 5.41) is 3.00. The first kappa shape index (κ1) is 24.5. The first-order valence-corrected chi connectivity index (χ1v) is 13.0. The molecule has 1 aromatic carbocycles. The van der Waals surface area contributed by atoms with Gasteiger partial charge in [-0.3, -0.25) is 9.78 Å². The van der Waals surface area contributed by atoms with E-state index in [1.165, 1.54) is 12.1 Å². The van der Waals surface area contributed by atoms with Crippen molar-refractivity contribution in [1.29, 1.82) is 0 Å². The van der Waals surface area contributed by atoms with E-state index in [2.05, 4.69) is 16.4 Å². The maximum Gasteiger partial charge on any atom is 0.407 e.